The van der Waals surface area contributed by atoms with Gasteiger partial charge >= 0.3 is 0 Å². The fraction of sp³-hybridized carbons (Fsp3) is 0.421. The Kier molecular flexibility index (Phi) is 4.73. The number of benzene rings is 1. The fourth-order valence-electron chi connectivity index (χ4n) is 3.87. The first-order valence-electron chi connectivity index (χ1n) is 9.03. The third-order valence-electron chi connectivity index (χ3n) is 5.19. The summed E-state index contributed by atoms with van der Waals surface area (Å²) in [4.78, 5) is 8.81. The topological polar surface area (TPSA) is 37.4 Å². The minimum Gasteiger partial charge on any atom is -0.492 e. The van der Waals surface area contributed by atoms with Crippen molar-refractivity contribution in [1.82, 2.24) is 10.3 Å². The average molecular weight is 450 g/mol. The van der Waals surface area contributed by atoms with Crippen molar-refractivity contribution in [2.45, 2.75) is 24.6 Å². The molecule has 0 spiro atoms. The summed E-state index contributed by atoms with van der Waals surface area (Å²) in [6.45, 7) is 2.97. The van der Waals surface area contributed by atoms with E-state index in [1.54, 1.807) is 0 Å². The minimum absolute atomic E-state index is 0.479. The number of hydrogen-bond acceptors (Lipinski definition) is 6. The van der Waals surface area contributed by atoms with Crippen LogP contribution >= 0.6 is 39.0 Å². The fourth-order valence-corrected chi connectivity index (χ4v) is 6.51. The first-order chi connectivity index (χ1) is 12.8. The lowest BCUT2D eigenvalue weighted by Crippen LogP contribution is -2.38. The van der Waals surface area contributed by atoms with Crippen molar-refractivity contribution in [3.8, 4) is 17.0 Å². The van der Waals surface area contributed by atoms with Crippen LogP contribution in [0.5, 0.6) is 5.75 Å². The Morgan fingerprint density at radius 1 is 1.27 bits per heavy atom. The molecule has 1 fully saturated rings. The largest absolute Gasteiger partial charge is 0.492 e. The second-order valence-corrected chi connectivity index (χ2v) is 9.82. The Balaban J connectivity index is 1.49. The Labute approximate surface area is 170 Å². The molecule has 0 radical (unpaired) electrons. The summed E-state index contributed by atoms with van der Waals surface area (Å²) in [7, 11) is 0. The van der Waals surface area contributed by atoms with E-state index >= 15 is 0 Å². The number of piperidine rings is 1. The van der Waals surface area contributed by atoms with E-state index in [4.69, 9.17) is 9.72 Å². The van der Waals surface area contributed by atoms with Crippen LogP contribution in [0.1, 0.15) is 17.7 Å². The van der Waals surface area contributed by atoms with E-state index in [0.717, 1.165) is 46.1 Å². The monoisotopic (exact) mass is 449 g/mol. The smallest absolute Gasteiger partial charge is 0.191 e. The van der Waals surface area contributed by atoms with Crippen LogP contribution in [0.25, 0.3) is 11.3 Å². The number of rotatable bonds is 2. The third-order valence-corrected chi connectivity index (χ3v) is 7.98. The maximum absolute atomic E-state index is 5.95. The van der Waals surface area contributed by atoms with Crippen LogP contribution in [0.3, 0.4) is 0 Å². The van der Waals surface area contributed by atoms with Gasteiger partial charge in [0.25, 0.3) is 0 Å². The van der Waals surface area contributed by atoms with E-state index < -0.39 is 0 Å². The lowest BCUT2D eigenvalue weighted by molar-refractivity contribution is 0.327. The SMILES string of the molecule is Brc1ccc2c(c1)OCCc1sc(N3C=CSC3C3CCNCC3)nc1-2. The van der Waals surface area contributed by atoms with Crippen LogP contribution < -0.4 is 15.0 Å². The Morgan fingerprint density at radius 2 is 2.15 bits per heavy atom. The van der Waals surface area contributed by atoms with Crippen molar-refractivity contribution >= 4 is 44.2 Å². The van der Waals surface area contributed by atoms with Gasteiger partial charge in [0.1, 0.15) is 5.75 Å². The molecule has 1 N–H and O–H groups in total. The highest BCUT2D eigenvalue weighted by atomic mass is 79.9. The molecule has 7 heteroatoms. The van der Waals surface area contributed by atoms with Gasteiger partial charge in [0.15, 0.2) is 5.13 Å². The molecule has 1 saturated heterocycles. The van der Waals surface area contributed by atoms with Crippen molar-refractivity contribution in [3.63, 3.8) is 0 Å². The van der Waals surface area contributed by atoms with Crippen molar-refractivity contribution in [2.75, 3.05) is 24.6 Å². The standard InChI is InChI=1S/C19H20BrN3OS2/c20-13-1-2-14-15(11-13)24-9-5-16-17(14)22-19(26-16)23-8-10-25-18(23)12-3-6-21-7-4-12/h1-2,8,10-12,18,21H,3-7,9H2. The molecule has 0 amide bonds. The summed E-state index contributed by atoms with van der Waals surface area (Å²) in [6.07, 6.45) is 5.62. The molecule has 3 aliphatic heterocycles. The van der Waals surface area contributed by atoms with Crippen LogP contribution in [0.4, 0.5) is 5.13 Å². The number of halogens is 1. The minimum atomic E-state index is 0.479. The Hall–Kier alpha value is -1.02. The Morgan fingerprint density at radius 3 is 3.04 bits per heavy atom. The van der Waals surface area contributed by atoms with Gasteiger partial charge in [-0.2, -0.15) is 0 Å². The molecule has 4 heterocycles. The zero-order chi connectivity index (χ0) is 17.5. The first kappa shape index (κ1) is 17.1. The van der Waals surface area contributed by atoms with Crippen LogP contribution in [-0.4, -0.2) is 30.1 Å². The van der Waals surface area contributed by atoms with Gasteiger partial charge in [0, 0.05) is 27.5 Å². The van der Waals surface area contributed by atoms with Gasteiger partial charge in [0.05, 0.1) is 17.7 Å². The first-order valence-corrected chi connectivity index (χ1v) is 11.6. The zero-order valence-electron chi connectivity index (χ0n) is 14.3. The number of thiazole rings is 1. The predicted molar refractivity (Wildman–Crippen MR) is 113 cm³/mol. The van der Waals surface area contributed by atoms with Gasteiger partial charge in [-0.1, -0.05) is 15.9 Å². The summed E-state index contributed by atoms with van der Waals surface area (Å²) in [5, 5.41) is 7.31. The normalized spacial score (nSPS) is 22.7. The molecule has 0 aliphatic carbocycles. The maximum atomic E-state index is 5.95. The molecule has 1 unspecified atom stereocenters. The van der Waals surface area contributed by atoms with Crippen molar-refractivity contribution in [2.24, 2.45) is 5.92 Å². The third kappa shape index (κ3) is 3.09. The molecular formula is C19H20BrN3OS2. The van der Waals surface area contributed by atoms with Crippen LogP contribution in [0.2, 0.25) is 0 Å². The van der Waals surface area contributed by atoms with E-state index in [9.17, 15) is 0 Å². The quantitative estimate of drug-likeness (QED) is 0.708. The number of thioether (sulfide) groups is 1. The zero-order valence-corrected chi connectivity index (χ0v) is 17.5. The van der Waals surface area contributed by atoms with E-state index in [1.807, 2.05) is 29.2 Å². The van der Waals surface area contributed by atoms with Crippen molar-refractivity contribution in [1.29, 1.82) is 0 Å². The summed E-state index contributed by atoms with van der Waals surface area (Å²) in [6, 6.07) is 6.23. The van der Waals surface area contributed by atoms with Crippen molar-refractivity contribution < 1.29 is 4.74 Å². The van der Waals surface area contributed by atoms with Gasteiger partial charge in [0.2, 0.25) is 0 Å². The van der Waals surface area contributed by atoms with Crippen LogP contribution in [0.15, 0.2) is 34.3 Å². The highest BCUT2D eigenvalue weighted by Gasteiger charge is 2.33. The highest BCUT2D eigenvalue weighted by molar-refractivity contribution is 9.10. The number of ether oxygens (including phenoxy) is 1. The maximum Gasteiger partial charge on any atom is 0.191 e. The highest BCUT2D eigenvalue weighted by Crippen LogP contribution is 2.44. The Bertz CT molecular complexity index is 847. The molecule has 1 atom stereocenters. The second kappa shape index (κ2) is 7.19. The average Bonchev–Trinajstić information content (AvgIpc) is 3.27. The molecule has 3 aliphatic rings. The second-order valence-electron chi connectivity index (χ2n) is 6.81. The number of hydrogen-bond donors (Lipinski definition) is 1. The van der Waals surface area contributed by atoms with Gasteiger partial charge < -0.3 is 15.0 Å². The van der Waals surface area contributed by atoms with E-state index in [0.29, 0.717) is 17.9 Å². The lowest BCUT2D eigenvalue weighted by Gasteiger charge is -2.32. The summed E-state index contributed by atoms with van der Waals surface area (Å²) < 4.78 is 6.99. The van der Waals surface area contributed by atoms with Gasteiger partial charge in [-0.05, 0) is 55.5 Å². The number of fused-ring (bicyclic) bond motifs is 3. The summed E-state index contributed by atoms with van der Waals surface area (Å²) >= 11 is 7.31. The molecule has 1 aromatic heterocycles. The van der Waals surface area contributed by atoms with Gasteiger partial charge in [-0.25, -0.2) is 4.98 Å². The van der Waals surface area contributed by atoms with Crippen LogP contribution in [0, 0.1) is 5.92 Å². The summed E-state index contributed by atoms with van der Waals surface area (Å²) in [5.74, 6) is 1.64. The number of nitrogens with one attached hydrogen (secondary N) is 1. The molecule has 5 rings (SSSR count). The molecule has 2 aromatic rings. The van der Waals surface area contributed by atoms with Gasteiger partial charge in [-0.3, -0.25) is 0 Å². The summed E-state index contributed by atoms with van der Waals surface area (Å²) in [5.41, 5.74) is 2.21. The van der Waals surface area contributed by atoms with E-state index in [-0.39, 0.29) is 0 Å². The molecule has 136 valence electrons. The molecule has 0 saturated carbocycles. The molecular weight excluding hydrogens is 430 g/mol. The van der Waals surface area contributed by atoms with E-state index in [1.165, 1.54) is 17.7 Å². The molecule has 1 aromatic carbocycles. The number of anilines is 1. The van der Waals surface area contributed by atoms with E-state index in [2.05, 4.69) is 49.9 Å². The lowest BCUT2D eigenvalue weighted by atomic mass is 9.97. The predicted octanol–water partition coefficient (Wildman–Crippen LogP) is 4.86. The van der Waals surface area contributed by atoms with Crippen molar-refractivity contribution in [3.05, 3.63) is 39.2 Å². The van der Waals surface area contributed by atoms with Crippen LogP contribution in [-0.2, 0) is 6.42 Å². The molecule has 0 bridgehead atoms. The molecule has 26 heavy (non-hydrogen) atoms. The van der Waals surface area contributed by atoms with Gasteiger partial charge in [-0.15, -0.1) is 23.1 Å². The number of nitrogens with zero attached hydrogens (tertiary/aromatic N) is 2. The number of aromatic nitrogens is 1. The molecule has 4 nitrogen and oxygen atoms in total.